The van der Waals surface area contributed by atoms with Gasteiger partial charge < -0.3 is 11.1 Å². The van der Waals surface area contributed by atoms with E-state index in [1.54, 1.807) is 13.1 Å². The first-order valence-corrected chi connectivity index (χ1v) is 4.41. The molecule has 3 N–H and O–H groups in total. The van der Waals surface area contributed by atoms with Crippen LogP contribution in [0.1, 0.15) is 5.56 Å². The van der Waals surface area contributed by atoms with Crippen molar-refractivity contribution in [2.75, 3.05) is 19.3 Å². The molecule has 0 bridgehead atoms. The summed E-state index contributed by atoms with van der Waals surface area (Å²) in [6, 6.07) is 2.71. The molecule has 1 aromatic carbocycles. The normalized spacial score (nSPS) is 9.36. The van der Waals surface area contributed by atoms with Crippen LogP contribution < -0.4 is 11.1 Å². The van der Waals surface area contributed by atoms with E-state index in [1.807, 2.05) is 0 Å². The zero-order valence-electron chi connectivity index (χ0n) is 7.70. The minimum atomic E-state index is -0.536. The van der Waals surface area contributed by atoms with Crippen molar-refractivity contribution in [1.29, 1.82) is 0 Å². The number of benzene rings is 1. The minimum absolute atomic E-state index is 0.0398. The first-order valence-electron chi connectivity index (χ1n) is 4.03. The van der Waals surface area contributed by atoms with Gasteiger partial charge in [0.15, 0.2) is 0 Å². The van der Waals surface area contributed by atoms with Crippen LogP contribution in [0.5, 0.6) is 0 Å². The Balaban J connectivity index is 3.04. The minimum Gasteiger partial charge on any atom is -0.395 e. The van der Waals surface area contributed by atoms with Crippen LogP contribution in [0.25, 0.3) is 0 Å². The molecule has 74 valence electrons. The molecule has 0 spiro atoms. The highest BCUT2D eigenvalue weighted by molar-refractivity contribution is 6.30. The van der Waals surface area contributed by atoms with Gasteiger partial charge >= 0.3 is 0 Å². The van der Waals surface area contributed by atoms with Gasteiger partial charge in [0, 0.05) is 5.02 Å². The van der Waals surface area contributed by atoms with Crippen LogP contribution >= 0.6 is 11.6 Å². The summed E-state index contributed by atoms with van der Waals surface area (Å²) < 4.78 is 13.1. The highest BCUT2D eigenvalue weighted by Gasteiger charge is 2.04. The molecule has 1 rings (SSSR count). The Hall–Kier alpha value is -1.24. The highest BCUT2D eigenvalue weighted by Crippen LogP contribution is 2.20. The topological polar surface area (TPSA) is 38.0 Å². The number of nitrogens with two attached hydrogens (primary N) is 1. The summed E-state index contributed by atoms with van der Waals surface area (Å²) in [6.07, 6.45) is 0. The Kier molecular flexibility index (Phi) is 3.75. The fourth-order valence-electron chi connectivity index (χ4n) is 0.916. The van der Waals surface area contributed by atoms with Gasteiger partial charge in [0.25, 0.3) is 0 Å². The second kappa shape index (κ2) is 4.85. The van der Waals surface area contributed by atoms with Crippen molar-refractivity contribution in [3.8, 4) is 11.8 Å². The number of halogens is 2. The Bertz CT molecular complexity index is 393. The molecule has 0 atom stereocenters. The van der Waals surface area contributed by atoms with E-state index in [2.05, 4.69) is 17.2 Å². The standard InChI is InChI=1S/C10H10ClFN2/c1-14-4-2-3-7-5-8(11)6-9(12)10(7)13/h5-6,14H,4,13H2,1H3. The lowest BCUT2D eigenvalue weighted by atomic mass is 10.2. The van der Waals surface area contributed by atoms with Crippen LogP contribution in [0.4, 0.5) is 10.1 Å². The summed E-state index contributed by atoms with van der Waals surface area (Å²) in [5, 5.41) is 3.14. The maximum absolute atomic E-state index is 13.1. The van der Waals surface area contributed by atoms with Crippen molar-refractivity contribution in [1.82, 2.24) is 5.32 Å². The Labute approximate surface area is 87.2 Å². The summed E-state index contributed by atoms with van der Waals surface area (Å²) in [7, 11) is 1.77. The number of nitrogens with one attached hydrogen (secondary N) is 1. The Morgan fingerprint density at radius 3 is 2.93 bits per heavy atom. The van der Waals surface area contributed by atoms with E-state index in [9.17, 15) is 4.39 Å². The van der Waals surface area contributed by atoms with Gasteiger partial charge in [-0.05, 0) is 19.2 Å². The van der Waals surface area contributed by atoms with Crippen LogP contribution in [-0.4, -0.2) is 13.6 Å². The molecular weight excluding hydrogens is 203 g/mol. The second-order valence-corrected chi connectivity index (χ2v) is 3.12. The number of nitrogen functional groups attached to an aromatic ring is 1. The van der Waals surface area contributed by atoms with Gasteiger partial charge in [-0.1, -0.05) is 23.4 Å². The van der Waals surface area contributed by atoms with E-state index >= 15 is 0 Å². The molecular formula is C10H10ClFN2. The molecule has 2 nitrogen and oxygen atoms in total. The maximum atomic E-state index is 13.1. The third-order valence-electron chi connectivity index (χ3n) is 1.58. The van der Waals surface area contributed by atoms with Crippen LogP contribution in [-0.2, 0) is 0 Å². The zero-order chi connectivity index (χ0) is 10.6. The predicted octanol–water partition coefficient (Wildman–Crippen LogP) is 1.63. The number of anilines is 1. The van der Waals surface area contributed by atoms with Gasteiger partial charge in [0.05, 0.1) is 17.8 Å². The Morgan fingerprint density at radius 2 is 2.29 bits per heavy atom. The van der Waals surface area contributed by atoms with Crippen molar-refractivity contribution in [2.24, 2.45) is 0 Å². The first-order chi connectivity index (χ1) is 6.65. The number of hydrogen-bond acceptors (Lipinski definition) is 2. The van der Waals surface area contributed by atoms with E-state index in [0.717, 1.165) is 0 Å². The van der Waals surface area contributed by atoms with Gasteiger partial charge in [0.2, 0.25) is 0 Å². The molecule has 4 heteroatoms. The van der Waals surface area contributed by atoms with Crippen molar-refractivity contribution in [2.45, 2.75) is 0 Å². The van der Waals surface area contributed by atoms with E-state index < -0.39 is 5.82 Å². The fourth-order valence-corrected chi connectivity index (χ4v) is 1.12. The van der Waals surface area contributed by atoms with Crippen molar-refractivity contribution in [3.05, 3.63) is 28.5 Å². The lowest BCUT2D eigenvalue weighted by Crippen LogP contribution is -2.04. The molecule has 0 aliphatic heterocycles. The second-order valence-electron chi connectivity index (χ2n) is 2.68. The molecule has 0 radical (unpaired) electrons. The first kappa shape index (κ1) is 10.8. The van der Waals surface area contributed by atoms with Gasteiger partial charge in [-0.2, -0.15) is 0 Å². The summed E-state index contributed by atoms with van der Waals surface area (Å²) in [5.41, 5.74) is 5.94. The van der Waals surface area contributed by atoms with E-state index in [-0.39, 0.29) is 5.69 Å². The van der Waals surface area contributed by atoms with Crippen molar-refractivity contribution in [3.63, 3.8) is 0 Å². The third kappa shape index (κ3) is 2.63. The van der Waals surface area contributed by atoms with Crippen LogP contribution in [0.15, 0.2) is 12.1 Å². The molecule has 0 aliphatic carbocycles. The monoisotopic (exact) mass is 212 g/mol. The lowest BCUT2D eigenvalue weighted by molar-refractivity contribution is 0.632. The summed E-state index contributed by atoms with van der Waals surface area (Å²) in [5.74, 6) is 4.98. The fraction of sp³-hybridized carbons (Fsp3) is 0.200. The molecule has 0 heterocycles. The summed E-state index contributed by atoms with van der Waals surface area (Å²) >= 11 is 5.66. The third-order valence-corrected chi connectivity index (χ3v) is 1.80. The van der Waals surface area contributed by atoms with Crippen LogP contribution in [0, 0.1) is 17.7 Å². The molecule has 14 heavy (non-hydrogen) atoms. The molecule has 0 saturated carbocycles. The maximum Gasteiger partial charge on any atom is 0.148 e. The summed E-state index contributed by atoms with van der Waals surface area (Å²) in [6.45, 7) is 0.521. The van der Waals surface area contributed by atoms with Crippen molar-refractivity contribution >= 4 is 17.3 Å². The predicted molar refractivity (Wildman–Crippen MR) is 56.6 cm³/mol. The molecule has 0 aliphatic rings. The SMILES string of the molecule is CNCC#Cc1cc(Cl)cc(F)c1N. The molecule has 0 unspecified atom stereocenters. The van der Waals surface area contributed by atoms with E-state index in [1.165, 1.54) is 6.07 Å². The van der Waals surface area contributed by atoms with Gasteiger partial charge in [0.1, 0.15) is 5.82 Å². The van der Waals surface area contributed by atoms with E-state index in [4.69, 9.17) is 17.3 Å². The molecule has 0 fully saturated rings. The van der Waals surface area contributed by atoms with E-state index in [0.29, 0.717) is 17.1 Å². The average Bonchev–Trinajstić information content (AvgIpc) is 2.13. The quantitative estimate of drug-likeness (QED) is 0.549. The highest BCUT2D eigenvalue weighted by atomic mass is 35.5. The zero-order valence-corrected chi connectivity index (χ0v) is 8.45. The number of rotatable bonds is 1. The largest absolute Gasteiger partial charge is 0.395 e. The van der Waals surface area contributed by atoms with Gasteiger partial charge in [-0.25, -0.2) is 4.39 Å². The van der Waals surface area contributed by atoms with Gasteiger partial charge in [-0.15, -0.1) is 0 Å². The summed E-state index contributed by atoms with van der Waals surface area (Å²) in [4.78, 5) is 0. The van der Waals surface area contributed by atoms with Crippen molar-refractivity contribution < 1.29 is 4.39 Å². The van der Waals surface area contributed by atoms with Gasteiger partial charge in [-0.3, -0.25) is 0 Å². The molecule has 0 amide bonds. The number of hydrogen-bond donors (Lipinski definition) is 2. The molecule has 0 saturated heterocycles. The van der Waals surface area contributed by atoms with Crippen LogP contribution in [0.2, 0.25) is 5.02 Å². The molecule has 0 aromatic heterocycles. The van der Waals surface area contributed by atoms with Crippen LogP contribution in [0.3, 0.4) is 0 Å². The lowest BCUT2D eigenvalue weighted by Gasteiger charge is -2.00. The smallest absolute Gasteiger partial charge is 0.148 e. The average molecular weight is 213 g/mol. The Morgan fingerprint density at radius 1 is 1.57 bits per heavy atom. The molecule has 1 aromatic rings.